The van der Waals surface area contributed by atoms with E-state index in [-0.39, 0.29) is 35.8 Å². The molecule has 105 heavy (non-hydrogen) atoms. The predicted octanol–water partition coefficient (Wildman–Crippen LogP) is 12.7. The monoisotopic (exact) mass is 1410 g/mol. The highest BCUT2D eigenvalue weighted by Crippen LogP contribution is 2.44. The van der Waals surface area contributed by atoms with Crippen LogP contribution in [0.15, 0.2) is 202 Å². The van der Waals surface area contributed by atoms with Gasteiger partial charge in [0.15, 0.2) is 0 Å². The zero-order valence-corrected chi connectivity index (χ0v) is 58.6. The molecule has 6 aliphatic heterocycles. The van der Waals surface area contributed by atoms with Crippen molar-refractivity contribution in [2.75, 3.05) is 74.9 Å². The summed E-state index contributed by atoms with van der Waals surface area (Å²) in [5.74, 6) is 5.87. The van der Waals surface area contributed by atoms with E-state index in [1.54, 1.807) is 0 Å². The molecule has 3 atom stereocenters. The predicted molar refractivity (Wildman–Crippen MR) is 403 cm³/mol. The summed E-state index contributed by atoms with van der Waals surface area (Å²) in [6.45, 7) is 17.2. The number of rotatable bonds is 18. The van der Waals surface area contributed by atoms with Gasteiger partial charge in [0, 0.05) is 75.6 Å². The van der Waals surface area contributed by atoms with Crippen LogP contribution in [0.25, 0.3) is 33.8 Å². The minimum atomic E-state index is -0.509. The van der Waals surface area contributed by atoms with E-state index in [1.165, 1.54) is 18.2 Å². The molecule has 24 nitrogen and oxygen atoms in total. The lowest BCUT2D eigenvalue weighted by molar-refractivity contribution is -0.128. The number of likely N-dealkylation sites (tertiary alicyclic amines) is 3. The average molecular weight is 1410 g/mol. The van der Waals surface area contributed by atoms with Gasteiger partial charge in [0.05, 0.1) is 18.1 Å². The van der Waals surface area contributed by atoms with Crippen LogP contribution in [0.1, 0.15) is 107 Å². The number of nitrogens with two attached hydrogens (primary N) is 3. The van der Waals surface area contributed by atoms with Gasteiger partial charge in [0.2, 0.25) is 17.7 Å². The van der Waals surface area contributed by atoms with Gasteiger partial charge >= 0.3 is 0 Å². The fourth-order valence-corrected chi connectivity index (χ4v) is 15.3. The summed E-state index contributed by atoms with van der Waals surface area (Å²) in [6.07, 6.45) is 12.1. The van der Waals surface area contributed by atoms with E-state index in [9.17, 15) is 28.8 Å². The van der Waals surface area contributed by atoms with E-state index < -0.39 is 17.7 Å². The first-order chi connectivity index (χ1) is 51.1. The molecule has 6 aliphatic rings. The van der Waals surface area contributed by atoms with E-state index in [1.807, 2.05) is 193 Å². The second-order valence-electron chi connectivity index (χ2n) is 26.9. The van der Waals surface area contributed by atoms with Gasteiger partial charge in [-0.05, 0) is 203 Å². The lowest BCUT2D eigenvalue weighted by Gasteiger charge is -2.38. The van der Waals surface area contributed by atoms with Crippen LogP contribution >= 0.6 is 0 Å². The van der Waals surface area contributed by atoms with Crippen LogP contribution in [-0.2, 0) is 14.4 Å². The van der Waals surface area contributed by atoms with E-state index in [0.717, 1.165) is 111 Å². The molecule has 6 amide bonds. The van der Waals surface area contributed by atoms with Crippen LogP contribution in [0.3, 0.4) is 0 Å². The third-order valence-corrected chi connectivity index (χ3v) is 20.6. The Morgan fingerprint density at radius 1 is 0.343 bits per heavy atom. The Balaban J connectivity index is 0.000000140. The van der Waals surface area contributed by atoms with Crippen molar-refractivity contribution >= 4 is 52.9 Å². The first kappa shape index (κ1) is 71.2. The van der Waals surface area contributed by atoms with Crippen LogP contribution < -0.4 is 47.4 Å². The maximum Gasteiger partial charge on any atom is 0.254 e. The number of ether oxygens (including phenoxy) is 3. The van der Waals surface area contributed by atoms with Gasteiger partial charge in [-0.25, -0.2) is 14.0 Å². The van der Waals surface area contributed by atoms with Crippen molar-refractivity contribution in [1.29, 1.82) is 0 Å². The first-order valence-electron chi connectivity index (χ1n) is 35.9. The normalized spacial score (nSPS) is 17.8. The topological polar surface area (TPSA) is 307 Å². The molecule has 0 bridgehead atoms. The number of primary amides is 3. The Morgan fingerprint density at radius 3 is 0.790 bits per heavy atom. The van der Waals surface area contributed by atoms with Crippen molar-refractivity contribution in [2.24, 2.45) is 35.0 Å². The Labute approximate surface area is 609 Å². The van der Waals surface area contributed by atoms with Crippen molar-refractivity contribution in [3.8, 4) is 68.3 Å². The van der Waals surface area contributed by atoms with Gasteiger partial charge < -0.3 is 62.1 Å². The van der Waals surface area contributed by atoms with Crippen LogP contribution in [-0.4, -0.2) is 138 Å². The zero-order valence-electron chi connectivity index (χ0n) is 58.6. The molecular weight excluding hydrogens is 1330 g/mol. The summed E-state index contributed by atoms with van der Waals surface area (Å²) in [5.41, 5.74) is 22.8. The minimum absolute atomic E-state index is 0.0217. The SMILES string of the molecule is C=CC(=O)N1CCC(C2CCNc3c(C(N)=O)c(-c4ccc(Oc5ccccc5)cc4)nn32)CC1.C=CC(=O)N1CCC(C2CCNc3c(C(N)=O)c(-c4ccc(Oc5ccccc5)cc4)nn32)CC1.C=CC(=O)N1CCC(C2CCNc3c(C(N)=O)c(-c4ccc(Oc5ccccc5)cc4)nn32)CC1. The van der Waals surface area contributed by atoms with Gasteiger partial charge in [0.25, 0.3) is 17.7 Å². The van der Waals surface area contributed by atoms with Crippen molar-refractivity contribution in [3.05, 3.63) is 218 Å². The third kappa shape index (κ3) is 15.9. The average Bonchev–Trinajstić information content (AvgIpc) is 1.63. The number of carbonyl (C=O) groups is 6. The number of para-hydroxylation sites is 3. The second-order valence-corrected chi connectivity index (χ2v) is 26.9. The van der Waals surface area contributed by atoms with Crippen LogP contribution in [0, 0.1) is 17.8 Å². The van der Waals surface area contributed by atoms with Crippen molar-refractivity contribution in [1.82, 2.24) is 44.0 Å². The summed E-state index contributed by atoms with van der Waals surface area (Å²) in [7, 11) is 0. The number of aromatic nitrogens is 6. The van der Waals surface area contributed by atoms with Gasteiger partial charge in [-0.15, -0.1) is 0 Å². The lowest BCUT2D eigenvalue weighted by Crippen LogP contribution is -2.41. The molecule has 24 heteroatoms. The van der Waals surface area contributed by atoms with Gasteiger partial charge in [0.1, 0.15) is 85.7 Å². The van der Waals surface area contributed by atoms with Crippen molar-refractivity contribution in [2.45, 2.75) is 75.9 Å². The molecule has 3 aromatic heterocycles. The first-order valence-corrected chi connectivity index (χ1v) is 35.9. The summed E-state index contributed by atoms with van der Waals surface area (Å²) in [5, 5.41) is 24.7. The molecule has 540 valence electrons. The van der Waals surface area contributed by atoms with Crippen LogP contribution in [0.4, 0.5) is 17.5 Å². The Bertz CT molecular complexity index is 4150. The molecule has 3 fully saturated rings. The maximum atomic E-state index is 12.5. The number of fused-ring (bicyclic) bond motifs is 3. The second kappa shape index (κ2) is 32.4. The number of nitrogens with one attached hydrogen (secondary N) is 3. The number of hydrogen-bond acceptors (Lipinski definition) is 15. The number of anilines is 3. The summed E-state index contributed by atoms with van der Waals surface area (Å²) in [4.78, 5) is 79.0. The fourth-order valence-electron chi connectivity index (χ4n) is 15.3. The highest BCUT2D eigenvalue weighted by atomic mass is 16.5. The number of nitrogens with zero attached hydrogens (tertiary/aromatic N) is 9. The molecule has 0 radical (unpaired) electrons. The van der Waals surface area contributed by atoms with Crippen molar-refractivity contribution in [3.63, 3.8) is 0 Å². The highest BCUT2D eigenvalue weighted by molar-refractivity contribution is 6.05. The maximum absolute atomic E-state index is 12.5. The van der Waals surface area contributed by atoms with Crippen LogP contribution in [0.2, 0.25) is 0 Å². The molecule has 3 unspecified atom stereocenters. The smallest absolute Gasteiger partial charge is 0.254 e. The molecule has 15 rings (SSSR count). The van der Waals surface area contributed by atoms with Crippen LogP contribution in [0.5, 0.6) is 34.5 Å². The Morgan fingerprint density at radius 2 is 0.571 bits per heavy atom. The molecule has 3 saturated heterocycles. The Hall–Kier alpha value is -12.2. The number of hydrogen-bond donors (Lipinski definition) is 6. The minimum Gasteiger partial charge on any atom is -0.457 e. The molecule has 0 spiro atoms. The number of amides is 6. The van der Waals surface area contributed by atoms with Gasteiger partial charge in [-0.1, -0.05) is 74.3 Å². The standard InChI is InChI=1S/3C27H29N5O3/c3*1-2-23(33)31-16-13-18(14-17-31)22-12-15-29-27-24(26(28)34)25(30-32(22)27)19-8-10-21(11-9-19)35-20-6-4-3-5-7-20/h3*2-11,18,22,29H,1,12-17H2,(H2,28,34). The molecule has 9 N–H and O–H groups in total. The quantitative estimate of drug-likeness (QED) is 0.0435. The third-order valence-electron chi connectivity index (χ3n) is 20.6. The molecule has 6 aromatic carbocycles. The summed E-state index contributed by atoms with van der Waals surface area (Å²) >= 11 is 0. The Kier molecular flexibility index (Phi) is 22.0. The van der Waals surface area contributed by atoms with E-state index in [2.05, 4.69) is 35.7 Å². The summed E-state index contributed by atoms with van der Waals surface area (Å²) in [6, 6.07) is 51.7. The number of carbonyl (C=O) groups excluding carboxylic acids is 6. The molecule has 9 heterocycles. The summed E-state index contributed by atoms with van der Waals surface area (Å²) < 4.78 is 23.5. The van der Waals surface area contributed by atoms with Gasteiger partial charge in [-0.3, -0.25) is 28.8 Å². The lowest BCUT2D eigenvalue weighted by atomic mass is 9.87. The highest BCUT2D eigenvalue weighted by Gasteiger charge is 2.40. The van der Waals surface area contributed by atoms with Crippen molar-refractivity contribution < 1.29 is 43.0 Å². The van der Waals surface area contributed by atoms with E-state index >= 15 is 0 Å². The number of piperidine rings is 3. The zero-order chi connectivity index (χ0) is 73.1. The molecule has 9 aromatic rings. The molecule has 0 saturated carbocycles. The fraction of sp³-hybridized carbons (Fsp3) is 0.296. The largest absolute Gasteiger partial charge is 0.457 e. The molecule has 0 aliphatic carbocycles. The van der Waals surface area contributed by atoms with E-state index in [0.29, 0.717) is 125 Å². The van der Waals surface area contributed by atoms with Gasteiger partial charge in [-0.2, -0.15) is 15.3 Å². The van der Waals surface area contributed by atoms with E-state index in [4.69, 9.17) is 46.7 Å². The molecular formula is C81H87N15O9. The number of benzene rings is 6.